The van der Waals surface area contributed by atoms with Crippen LogP contribution in [-0.2, 0) is 19.1 Å². The molecule has 0 saturated carbocycles. The van der Waals surface area contributed by atoms with Gasteiger partial charge in [0.15, 0.2) is 6.10 Å². The summed E-state index contributed by atoms with van der Waals surface area (Å²) < 4.78 is 10.5. The Hall–Kier alpha value is -2.66. The molecule has 0 aromatic rings. The molecule has 1 atom stereocenters. The van der Waals surface area contributed by atoms with E-state index in [-0.39, 0.29) is 25.2 Å². The Labute approximate surface area is 263 Å². The number of unbranched alkanes of at least 4 members (excludes halogenated alkanes) is 9. The SMILES string of the molecule is CC/C=C\C/C=C\C/C=C\C/C=C\CCCCC(=O)OC(CO)COC(=O)CCCCCCC/C=C\C/C=C\CCCC. The molecule has 0 fully saturated rings. The van der Waals surface area contributed by atoms with Crippen molar-refractivity contribution >= 4 is 11.9 Å². The topological polar surface area (TPSA) is 72.8 Å². The standard InChI is InChI=1S/C38H62O5/c1-3-5-7-9-11-13-15-17-19-21-23-25-27-29-31-33-38(41)43-36(34-39)35-42-37(40)32-30-28-26-24-22-20-18-16-14-12-10-8-6-4-2/h5,7,10-13,16-19,23,25,36,39H,3-4,6,8-9,14-15,20-22,24,26-35H2,1-2H3/b7-5-,12-10-,13-11-,18-16-,19-17-,25-23-. The summed E-state index contributed by atoms with van der Waals surface area (Å²) in [6, 6.07) is 0. The van der Waals surface area contributed by atoms with Crippen LogP contribution in [0.2, 0.25) is 0 Å². The molecule has 0 heterocycles. The molecular formula is C38H62O5. The summed E-state index contributed by atoms with van der Waals surface area (Å²) >= 11 is 0. The molecule has 244 valence electrons. The molecule has 0 radical (unpaired) electrons. The van der Waals surface area contributed by atoms with Gasteiger partial charge in [0.25, 0.3) is 0 Å². The number of rotatable bonds is 29. The molecule has 0 aliphatic rings. The van der Waals surface area contributed by atoms with Crippen LogP contribution in [0.15, 0.2) is 72.9 Å². The highest BCUT2D eigenvalue weighted by Gasteiger charge is 2.15. The lowest BCUT2D eigenvalue weighted by atomic mass is 10.1. The number of hydrogen-bond acceptors (Lipinski definition) is 5. The summed E-state index contributed by atoms with van der Waals surface area (Å²) in [7, 11) is 0. The number of allylic oxidation sites excluding steroid dienone is 12. The fourth-order valence-corrected chi connectivity index (χ4v) is 4.15. The number of aliphatic hydroxyl groups is 1. The molecule has 0 bridgehead atoms. The largest absolute Gasteiger partial charge is 0.462 e. The maximum Gasteiger partial charge on any atom is 0.306 e. The fourth-order valence-electron chi connectivity index (χ4n) is 4.15. The monoisotopic (exact) mass is 598 g/mol. The van der Waals surface area contributed by atoms with Crippen molar-refractivity contribution in [1.82, 2.24) is 0 Å². The van der Waals surface area contributed by atoms with E-state index >= 15 is 0 Å². The average molecular weight is 599 g/mol. The van der Waals surface area contributed by atoms with Crippen LogP contribution < -0.4 is 0 Å². The van der Waals surface area contributed by atoms with E-state index in [9.17, 15) is 14.7 Å². The van der Waals surface area contributed by atoms with E-state index in [4.69, 9.17) is 9.47 Å². The van der Waals surface area contributed by atoms with Crippen molar-refractivity contribution in [3.8, 4) is 0 Å². The Kier molecular flexibility index (Phi) is 31.7. The molecule has 5 heteroatoms. The van der Waals surface area contributed by atoms with Crippen molar-refractivity contribution in [3.05, 3.63) is 72.9 Å². The van der Waals surface area contributed by atoms with Gasteiger partial charge in [-0.05, 0) is 77.0 Å². The Bertz CT molecular complexity index is 818. The number of hydrogen-bond donors (Lipinski definition) is 1. The Balaban J connectivity index is 3.72. The second-order valence-corrected chi connectivity index (χ2v) is 10.9. The molecule has 1 N–H and O–H groups in total. The van der Waals surface area contributed by atoms with Gasteiger partial charge in [0, 0.05) is 12.8 Å². The zero-order valence-electron chi connectivity index (χ0n) is 27.4. The first kappa shape index (κ1) is 40.3. The third-order valence-electron chi connectivity index (χ3n) is 6.73. The van der Waals surface area contributed by atoms with Crippen molar-refractivity contribution in [3.63, 3.8) is 0 Å². The Morgan fingerprint density at radius 2 is 1.00 bits per heavy atom. The summed E-state index contributed by atoms with van der Waals surface area (Å²) in [5, 5.41) is 9.50. The molecule has 5 nitrogen and oxygen atoms in total. The Morgan fingerprint density at radius 1 is 0.558 bits per heavy atom. The second-order valence-electron chi connectivity index (χ2n) is 10.9. The van der Waals surface area contributed by atoms with E-state index in [0.29, 0.717) is 12.8 Å². The maximum absolute atomic E-state index is 12.1. The summed E-state index contributed by atoms with van der Waals surface area (Å²) in [6.07, 6.45) is 43.8. The number of aliphatic hydroxyl groups excluding tert-OH is 1. The molecule has 0 aromatic carbocycles. The molecule has 0 spiro atoms. The maximum atomic E-state index is 12.1. The van der Waals surface area contributed by atoms with Crippen molar-refractivity contribution < 1.29 is 24.2 Å². The van der Waals surface area contributed by atoms with E-state index in [1.807, 2.05) is 0 Å². The van der Waals surface area contributed by atoms with Crippen molar-refractivity contribution in [2.45, 2.75) is 142 Å². The van der Waals surface area contributed by atoms with Gasteiger partial charge in [0.2, 0.25) is 0 Å². The lowest BCUT2D eigenvalue weighted by molar-refractivity contribution is -0.161. The van der Waals surface area contributed by atoms with Gasteiger partial charge in [-0.15, -0.1) is 0 Å². The van der Waals surface area contributed by atoms with Gasteiger partial charge in [0.05, 0.1) is 6.61 Å². The zero-order chi connectivity index (χ0) is 31.5. The van der Waals surface area contributed by atoms with Crippen LogP contribution in [-0.4, -0.2) is 36.4 Å². The first-order valence-electron chi connectivity index (χ1n) is 17.0. The van der Waals surface area contributed by atoms with Crippen molar-refractivity contribution in [2.75, 3.05) is 13.2 Å². The molecule has 0 amide bonds. The van der Waals surface area contributed by atoms with E-state index in [2.05, 4.69) is 86.8 Å². The number of ether oxygens (including phenoxy) is 2. The van der Waals surface area contributed by atoms with Gasteiger partial charge in [0.1, 0.15) is 6.61 Å². The minimum Gasteiger partial charge on any atom is -0.462 e. The van der Waals surface area contributed by atoms with Gasteiger partial charge < -0.3 is 14.6 Å². The molecule has 0 aliphatic heterocycles. The molecular weight excluding hydrogens is 536 g/mol. The molecule has 0 rings (SSSR count). The van der Waals surface area contributed by atoms with Gasteiger partial charge in [-0.2, -0.15) is 0 Å². The smallest absolute Gasteiger partial charge is 0.306 e. The quantitative estimate of drug-likeness (QED) is 0.0527. The van der Waals surface area contributed by atoms with Crippen LogP contribution in [0.5, 0.6) is 0 Å². The third kappa shape index (κ3) is 32.1. The summed E-state index contributed by atoms with van der Waals surface area (Å²) in [4.78, 5) is 24.1. The first-order valence-corrected chi connectivity index (χ1v) is 17.0. The van der Waals surface area contributed by atoms with E-state index in [0.717, 1.165) is 83.5 Å². The van der Waals surface area contributed by atoms with Crippen LogP contribution in [0, 0.1) is 0 Å². The van der Waals surface area contributed by atoms with E-state index in [1.54, 1.807) is 0 Å². The molecule has 0 aromatic heterocycles. The molecule has 0 aliphatic carbocycles. The predicted octanol–water partition coefficient (Wildman–Crippen LogP) is 10.2. The highest BCUT2D eigenvalue weighted by molar-refractivity contribution is 5.70. The highest BCUT2D eigenvalue weighted by Crippen LogP contribution is 2.10. The summed E-state index contributed by atoms with van der Waals surface area (Å²) in [5.41, 5.74) is 0. The van der Waals surface area contributed by atoms with Gasteiger partial charge >= 0.3 is 11.9 Å². The minimum atomic E-state index is -0.800. The Morgan fingerprint density at radius 3 is 1.56 bits per heavy atom. The summed E-state index contributed by atoms with van der Waals surface area (Å²) in [6.45, 7) is 3.90. The van der Waals surface area contributed by atoms with Gasteiger partial charge in [-0.1, -0.05) is 119 Å². The highest BCUT2D eigenvalue weighted by atomic mass is 16.6. The number of carbonyl (C=O) groups excluding carboxylic acids is 2. The second kappa shape index (κ2) is 33.8. The number of carbonyl (C=O) groups is 2. The van der Waals surface area contributed by atoms with E-state index in [1.165, 1.54) is 25.7 Å². The molecule has 0 saturated heterocycles. The van der Waals surface area contributed by atoms with Gasteiger partial charge in [-0.3, -0.25) is 9.59 Å². The van der Waals surface area contributed by atoms with Crippen LogP contribution >= 0.6 is 0 Å². The summed E-state index contributed by atoms with van der Waals surface area (Å²) in [5.74, 6) is -0.666. The minimum absolute atomic E-state index is 0.0941. The van der Waals surface area contributed by atoms with Crippen LogP contribution in [0.1, 0.15) is 136 Å². The van der Waals surface area contributed by atoms with Crippen LogP contribution in [0.4, 0.5) is 0 Å². The fraction of sp³-hybridized carbons (Fsp3) is 0.632. The zero-order valence-corrected chi connectivity index (χ0v) is 27.4. The lowest BCUT2D eigenvalue weighted by Crippen LogP contribution is -2.28. The number of esters is 2. The third-order valence-corrected chi connectivity index (χ3v) is 6.73. The normalized spacial score (nSPS) is 13.1. The van der Waals surface area contributed by atoms with Crippen LogP contribution in [0.3, 0.4) is 0 Å². The predicted molar refractivity (Wildman–Crippen MR) is 182 cm³/mol. The molecule has 1 unspecified atom stereocenters. The van der Waals surface area contributed by atoms with Crippen molar-refractivity contribution in [2.24, 2.45) is 0 Å². The average Bonchev–Trinajstić information content (AvgIpc) is 3.01. The van der Waals surface area contributed by atoms with E-state index < -0.39 is 6.10 Å². The molecule has 43 heavy (non-hydrogen) atoms. The van der Waals surface area contributed by atoms with Gasteiger partial charge in [-0.25, -0.2) is 0 Å². The lowest BCUT2D eigenvalue weighted by Gasteiger charge is -2.15. The first-order chi connectivity index (χ1) is 21.1. The van der Waals surface area contributed by atoms with Crippen LogP contribution in [0.25, 0.3) is 0 Å². The van der Waals surface area contributed by atoms with Crippen molar-refractivity contribution in [1.29, 1.82) is 0 Å².